The number of nitrogens with zero attached hydrogens (tertiary/aromatic N) is 4. The van der Waals surface area contributed by atoms with E-state index in [1.54, 1.807) is 11.0 Å². The van der Waals surface area contributed by atoms with E-state index in [1.165, 1.54) is 11.9 Å². The molecule has 1 aliphatic heterocycles. The summed E-state index contributed by atoms with van der Waals surface area (Å²) in [6, 6.07) is 12.0. The van der Waals surface area contributed by atoms with Crippen LogP contribution in [0.1, 0.15) is 23.0 Å². The van der Waals surface area contributed by atoms with Gasteiger partial charge in [0.25, 0.3) is 5.91 Å². The van der Waals surface area contributed by atoms with Crippen molar-refractivity contribution in [2.75, 3.05) is 37.7 Å². The quantitative estimate of drug-likeness (QED) is 0.841. The smallest absolute Gasteiger partial charge is 0.272 e. The molecule has 0 radical (unpaired) electrons. The molecule has 1 aromatic carbocycles. The predicted molar refractivity (Wildman–Crippen MR) is 91.9 cm³/mol. The largest absolute Gasteiger partial charge is 0.378 e. The van der Waals surface area contributed by atoms with Crippen molar-refractivity contribution in [2.24, 2.45) is 0 Å². The van der Waals surface area contributed by atoms with Gasteiger partial charge in [0.15, 0.2) is 0 Å². The lowest BCUT2D eigenvalue weighted by Gasteiger charge is -2.27. The zero-order valence-corrected chi connectivity index (χ0v) is 13.9. The minimum Gasteiger partial charge on any atom is -0.378 e. The van der Waals surface area contributed by atoms with E-state index in [4.69, 9.17) is 4.74 Å². The molecule has 1 fully saturated rings. The number of hydrogen-bond donors (Lipinski definition) is 0. The second-order valence-electron chi connectivity index (χ2n) is 5.67. The molecule has 0 bridgehead atoms. The Morgan fingerprint density at radius 2 is 1.96 bits per heavy atom. The van der Waals surface area contributed by atoms with Gasteiger partial charge in [-0.25, -0.2) is 9.97 Å². The number of anilines is 1. The molecule has 1 saturated heterocycles. The van der Waals surface area contributed by atoms with Crippen LogP contribution >= 0.6 is 0 Å². The van der Waals surface area contributed by atoms with Crippen LogP contribution in [0.15, 0.2) is 42.7 Å². The van der Waals surface area contributed by atoms with E-state index in [9.17, 15) is 4.79 Å². The Balaban J connectivity index is 1.76. The van der Waals surface area contributed by atoms with E-state index in [1.807, 2.05) is 18.2 Å². The number of carbonyl (C=O) groups is 1. The van der Waals surface area contributed by atoms with Crippen molar-refractivity contribution in [2.45, 2.75) is 13.5 Å². The van der Waals surface area contributed by atoms with E-state index in [0.717, 1.165) is 18.9 Å². The summed E-state index contributed by atoms with van der Waals surface area (Å²) in [6.07, 6.45) is 1.47. The van der Waals surface area contributed by atoms with Crippen molar-refractivity contribution >= 4 is 11.7 Å². The normalized spacial score (nSPS) is 14.5. The maximum absolute atomic E-state index is 12.6. The monoisotopic (exact) mass is 326 g/mol. The second kappa shape index (κ2) is 7.88. The van der Waals surface area contributed by atoms with Crippen LogP contribution in [0.25, 0.3) is 0 Å². The first-order chi connectivity index (χ1) is 11.8. The number of hydrogen-bond acceptors (Lipinski definition) is 5. The van der Waals surface area contributed by atoms with Gasteiger partial charge >= 0.3 is 0 Å². The van der Waals surface area contributed by atoms with Gasteiger partial charge in [0.05, 0.1) is 13.2 Å². The zero-order chi connectivity index (χ0) is 16.8. The van der Waals surface area contributed by atoms with Crippen molar-refractivity contribution < 1.29 is 9.53 Å². The molecular formula is C18H22N4O2. The molecule has 1 amide bonds. The third-order valence-electron chi connectivity index (χ3n) is 4.09. The van der Waals surface area contributed by atoms with Crippen LogP contribution in [0, 0.1) is 0 Å². The van der Waals surface area contributed by atoms with Crippen molar-refractivity contribution in [1.82, 2.24) is 14.9 Å². The summed E-state index contributed by atoms with van der Waals surface area (Å²) in [5.41, 5.74) is 1.65. The Morgan fingerprint density at radius 1 is 1.21 bits per heavy atom. The molecule has 0 aliphatic carbocycles. The van der Waals surface area contributed by atoms with Crippen LogP contribution in [0.2, 0.25) is 0 Å². The highest BCUT2D eigenvalue weighted by Gasteiger charge is 2.20. The van der Waals surface area contributed by atoms with E-state index in [0.29, 0.717) is 32.0 Å². The second-order valence-corrected chi connectivity index (χ2v) is 5.67. The van der Waals surface area contributed by atoms with E-state index >= 15 is 0 Å². The minimum atomic E-state index is -0.0577. The molecule has 1 aliphatic rings. The van der Waals surface area contributed by atoms with Gasteiger partial charge in [-0.2, -0.15) is 0 Å². The molecule has 0 spiro atoms. The first kappa shape index (κ1) is 16.4. The Labute approximate surface area is 142 Å². The number of rotatable bonds is 5. The van der Waals surface area contributed by atoms with Crippen LogP contribution in [-0.4, -0.2) is 53.6 Å². The number of amides is 1. The Morgan fingerprint density at radius 3 is 2.67 bits per heavy atom. The Hall–Kier alpha value is -2.47. The van der Waals surface area contributed by atoms with E-state index < -0.39 is 0 Å². The summed E-state index contributed by atoms with van der Waals surface area (Å²) >= 11 is 0. The first-order valence-corrected chi connectivity index (χ1v) is 8.26. The maximum Gasteiger partial charge on any atom is 0.272 e. The van der Waals surface area contributed by atoms with Crippen LogP contribution in [0.4, 0.5) is 5.82 Å². The van der Waals surface area contributed by atoms with Crippen molar-refractivity contribution in [3.8, 4) is 0 Å². The lowest BCUT2D eigenvalue weighted by molar-refractivity contribution is 0.0299. The van der Waals surface area contributed by atoms with Gasteiger partial charge in [-0.05, 0) is 12.5 Å². The van der Waals surface area contributed by atoms with Crippen LogP contribution in [0.3, 0.4) is 0 Å². The molecule has 6 heteroatoms. The van der Waals surface area contributed by atoms with E-state index in [-0.39, 0.29) is 5.91 Å². The van der Waals surface area contributed by atoms with Crippen LogP contribution < -0.4 is 4.90 Å². The highest BCUT2D eigenvalue weighted by Crippen LogP contribution is 2.16. The fraction of sp³-hybridized carbons (Fsp3) is 0.389. The Bertz CT molecular complexity index is 672. The summed E-state index contributed by atoms with van der Waals surface area (Å²) < 4.78 is 5.30. The average molecular weight is 326 g/mol. The first-order valence-electron chi connectivity index (χ1n) is 8.26. The summed E-state index contributed by atoms with van der Waals surface area (Å²) in [6.45, 7) is 6.02. The summed E-state index contributed by atoms with van der Waals surface area (Å²) in [5, 5.41) is 0. The molecule has 0 atom stereocenters. The maximum atomic E-state index is 12.6. The van der Waals surface area contributed by atoms with E-state index in [2.05, 4.69) is 33.9 Å². The summed E-state index contributed by atoms with van der Waals surface area (Å²) in [7, 11) is 0. The molecule has 2 heterocycles. The summed E-state index contributed by atoms with van der Waals surface area (Å²) in [4.78, 5) is 25.0. The number of morpholine rings is 1. The van der Waals surface area contributed by atoms with Gasteiger partial charge < -0.3 is 14.5 Å². The predicted octanol–water partition coefficient (Wildman–Crippen LogP) is 1.98. The molecule has 126 valence electrons. The van der Waals surface area contributed by atoms with Gasteiger partial charge in [0, 0.05) is 32.2 Å². The number of aromatic nitrogens is 2. The molecule has 1 aromatic heterocycles. The highest BCUT2D eigenvalue weighted by molar-refractivity contribution is 5.93. The van der Waals surface area contributed by atoms with Crippen molar-refractivity contribution in [3.63, 3.8) is 0 Å². The molecule has 24 heavy (non-hydrogen) atoms. The highest BCUT2D eigenvalue weighted by atomic mass is 16.5. The topological polar surface area (TPSA) is 58.6 Å². The summed E-state index contributed by atoms with van der Waals surface area (Å²) in [5.74, 6) is 0.714. The molecule has 0 saturated carbocycles. The van der Waals surface area contributed by atoms with Crippen LogP contribution in [-0.2, 0) is 11.3 Å². The molecular weight excluding hydrogens is 304 g/mol. The molecule has 3 rings (SSSR count). The van der Waals surface area contributed by atoms with Gasteiger partial charge in [-0.1, -0.05) is 30.3 Å². The third-order valence-corrected chi connectivity index (χ3v) is 4.09. The molecule has 0 unspecified atom stereocenters. The van der Waals surface area contributed by atoms with Gasteiger partial charge in [0.2, 0.25) is 0 Å². The number of carbonyl (C=O) groups excluding carboxylic acids is 1. The van der Waals surface area contributed by atoms with Gasteiger partial charge in [-0.15, -0.1) is 0 Å². The minimum absolute atomic E-state index is 0.0577. The van der Waals surface area contributed by atoms with Gasteiger partial charge in [0.1, 0.15) is 17.8 Å². The number of benzene rings is 1. The number of ether oxygens (including phenoxy) is 1. The van der Waals surface area contributed by atoms with Crippen LogP contribution in [0.5, 0.6) is 0 Å². The molecule has 6 nitrogen and oxygen atoms in total. The zero-order valence-electron chi connectivity index (χ0n) is 13.9. The molecule has 0 N–H and O–H groups in total. The average Bonchev–Trinajstić information content (AvgIpc) is 2.67. The van der Waals surface area contributed by atoms with Crippen molar-refractivity contribution in [3.05, 3.63) is 54.0 Å². The third kappa shape index (κ3) is 3.89. The van der Waals surface area contributed by atoms with Gasteiger partial charge in [-0.3, -0.25) is 4.79 Å². The lowest BCUT2D eigenvalue weighted by Crippen LogP contribution is -2.41. The Kier molecular flexibility index (Phi) is 5.38. The lowest BCUT2D eigenvalue weighted by atomic mass is 10.2. The fourth-order valence-electron chi connectivity index (χ4n) is 2.72. The standard InChI is InChI=1S/C18H22N4O2/c1-2-21(13-15-6-4-3-5-7-15)17-12-16(19-14-20-17)18(23)22-8-10-24-11-9-22/h3-7,12,14H,2,8-11,13H2,1H3. The van der Waals surface area contributed by atoms with Crippen molar-refractivity contribution in [1.29, 1.82) is 0 Å². The molecule has 2 aromatic rings. The fourth-order valence-corrected chi connectivity index (χ4v) is 2.72. The SMILES string of the molecule is CCN(Cc1ccccc1)c1cc(C(=O)N2CCOCC2)ncn1.